The first kappa shape index (κ1) is 13.9. The molecule has 1 saturated heterocycles. The zero-order valence-corrected chi connectivity index (χ0v) is 12.7. The molecule has 3 rings (SSSR count). The van der Waals surface area contributed by atoms with Gasteiger partial charge < -0.3 is 19.2 Å². The van der Waals surface area contributed by atoms with Crippen LogP contribution in [0.4, 0.5) is 0 Å². The Morgan fingerprint density at radius 2 is 2.35 bits per heavy atom. The van der Waals surface area contributed by atoms with E-state index in [9.17, 15) is 0 Å². The van der Waals surface area contributed by atoms with Gasteiger partial charge in [0.25, 0.3) is 0 Å². The van der Waals surface area contributed by atoms with E-state index in [2.05, 4.69) is 25.9 Å². The number of aromatic amines is 1. The van der Waals surface area contributed by atoms with Gasteiger partial charge in [0.05, 0.1) is 16.6 Å². The van der Waals surface area contributed by atoms with Crippen LogP contribution >= 0.6 is 15.9 Å². The van der Waals surface area contributed by atoms with Crippen molar-refractivity contribution in [1.29, 1.82) is 0 Å². The summed E-state index contributed by atoms with van der Waals surface area (Å²) in [6, 6.07) is 1.92. The molecule has 0 amide bonds. The van der Waals surface area contributed by atoms with Crippen LogP contribution in [-0.4, -0.2) is 36.1 Å². The minimum atomic E-state index is -0.0706. The van der Waals surface area contributed by atoms with Gasteiger partial charge in [-0.1, -0.05) is 0 Å². The summed E-state index contributed by atoms with van der Waals surface area (Å²) in [6.45, 7) is 1.79. The predicted octanol–water partition coefficient (Wildman–Crippen LogP) is 3.25. The summed E-state index contributed by atoms with van der Waals surface area (Å²) >= 11 is 3.46. The van der Waals surface area contributed by atoms with Gasteiger partial charge in [-0.3, -0.25) is 4.98 Å². The maximum Gasteiger partial charge on any atom is 0.160 e. The summed E-state index contributed by atoms with van der Waals surface area (Å²) in [6.07, 6.45) is 6.80. The summed E-state index contributed by atoms with van der Waals surface area (Å²) in [7, 11) is 0. The van der Waals surface area contributed by atoms with Gasteiger partial charge in [-0.05, 0) is 41.3 Å². The van der Waals surface area contributed by atoms with Crippen molar-refractivity contribution >= 4 is 27.0 Å². The van der Waals surface area contributed by atoms with Crippen LogP contribution in [0.5, 0.6) is 5.75 Å². The summed E-state index contributed by atoms with van der Waals surface area (Å²) in [5.41, 5.74) is 1.79. The van der Waals surface area contributed by atoms with Crippen molar-refractivity contribution in [2.75, 3.05) is 19.8 Å². The number of aromatic nitrogens is 2. The van der Waals surface area contributed by atoms with E-state index in [-0.39, 0.29) is 6.29 Å². The van der Waals surface area contributed by atoms with Gasteiger partial charge in [-0.25, -0.2) is 0 Å². The number of nitrogens with one attached hydrogen (secondary N) is 1. The Balaban J connectivity index is 1.54. The quantitative estimate of drug-likeness (QED) is 0.849. The lowest BCUT2D eigenvalue weighted by Gasteiger charge is -2.22. The highest BCUT2D eigenvalue weighted by atomic mass is 79.9. The number of hydrogen-bond acceptors (Lipinski definition) is 4. The van der Waals surface area contributed by atoms with Crippen LogP contribution in [-0.2, 0) is 9.47 Å². The van der Waals surface area contributed by atoms with E-state index < -0.39 is 0 Å². The molecule has 108 valence electrons. The molecular weight excluding hydrogens is 324 g/mol. The van der Waals surface area contributed by atoms with E-state index in [1.165, 1.54) is 6.42 Å². The number of hydrogen-bond donors (Lipinski definition) is 1. The van der Waals surface area contributed by atoms with Crippen LogP contribution in [0.25, 0.3) is 11.0 Å². The molecule has 1 aliphatic rings. The molecule has 6 heteroatoms. The molecule has 5 nitrogen and oxygen atoms in total. The van der Waals surface area contributed by atoms with E-state index in [1.54, 1.807) is 6.20 Å². The van der Waals surface area contributed by atoms with Crippen molar-refractivity contribution in [2.45, 2.75) is 25.6 Å². The number of rotatable bonds is 5. The molecule has 0 aliphatic carbocycles. The Morgan fingerprint density at radius 3 is 3.20 bits per heavy atom. The fourth-order valence-electron chi connectivity index (χ4n) is 2.26. The summed E-state index contributed by atoms with van der Waals surface area (Å²) in [5, 5.41) is 0. The third kappa shape index (κ3) is 3.13. The van der Waals surface area contributed by atoms with Crippen LogP contribution in [0, 0.1) is 0 Å². The van der Waals surface area contributed by atoms with Gasteiger partial charge in [0, 0.05) is 19.0 Å². The van der Waals surface area contributed by atoms with Crippen molar-refractivity contribution in [3.05, 3.63) is 22.9 Å². The zero-order chi connectivity index (χ0) is 13.8. The van der Waals surface area contributed by atoms with Gasteiger partial charge in [0.1, 0.15) is 12.1 Å². The van der Waals surface area contributed by atoms with E-state index in [0.29, 0.717) is 13.2 Å². The highest BCUT2D eigenvalue weighted by Gasteiger charge is 2.14. The molecule has 3 heterocycles. The molecule has 1 N–H and O–H groups in total. The highest BCUT2D eigenvalue weighted by Crippen LogP contribution is 2.31. The van der Waals surface area contributed by atoms with Crippen LogP contribution in [0.1, 0.15) is 19.3 Å². The van der Waals surface area contributed by atoms with Gasteiger partial charge >= 0.3 is 0 Å². The summed E-state index contributed by atoms with van der Waals surface area (Å²) in [5.74, 6) is 0.771. The van der Waals surface area contributed by atoms with Crippen molar-refractivity contribution in [3.63, 3.8) is 0 Å². The fourth-order valence-corrected chi connectivity index (χ4v) is 2.68. The first-order valence-corrected chi connectivity index (χ1v) is 7.61. The Labute approximate surface area is 125 Å². The van der Waals surface area contributed by atoms with Crippen molar-refractivity contribution < 1.29 is 14.2 Å². The van der Waals surface area contributed by atoms with E-state index in [0.717, 1.165) is 40.7 Å². The predicted molar refractivity (Wildman–Crippen MR) is 78.8 cm³/mol. The lowest BCUT2D eigenvalue weighted by molar-refractivity contribution is -0.165. The third-order valence-corrected chi connectivity index (χ3v) is 3.82. The molecule has 0 bridgehead atoms. The molecule has 0 aromatic carbocycles. The van der Waals surface area contributed by atoms with Crippen molar-refractivity contribution in [2.24, 2.45) is 0 Å². The topological polar surface area (TPSA) is 56.4 Å². The minimum Gasteiger partial charge on any atom is -0.488 e. The molecule has 1 aliphatic heterocycles. The van der Waals surface area contributed by atoms with E-state index in [1.807, 2.05) is 12.3 Å². The lowest BCUT2D eigenvalue weighted by atomic mass is 10.2. The summed E-state index contributed by atoms with van der Waals surface area (Å²) < 4.78 is 17.8. The number of fused-ring (bicyclic) bond motifs is 1. The van der Waals surface area contributed by atoms with Crippen LogP contribution in [0.2, 0.25) is 0 Å². The molecule has 1 unspecified atom stereocenters. The van der Waals surface area contributed by atoms with Gasteiger partial charge in [-0.2, -0.15) is 0 Å². The smallest absolute Gasteiger partial charge is 0.160 e. The molecule has 1 fully saturated rings. The second kappa shape index (κ2) is 6.56. The molecule has 0 radical (unpaired) electrons. The normalized spacial score (nSPS) is 19.4. The Kier molecular flexibility index (Phi) is 4.54. The minimum absolute atomic E-state index is 0.0706. The van der Waals surface area contributed by atoms with Gasteiger partial charge in [0.15, 0.2) is 12.0 Å². The molecule has 20 heavy (non-hydrogen) atoms. The SMILES string of the molecule is Brc1cnc2cc[nH]c2c1OCCOC1CCCCO1. The first-order valence-electron chi connectivity index (χ1n) is 6.82. The van der Waals surface area contributed by atoms with Crippen LogP contribution in [0.3, 0.4) is 0 Å². The summed E-state index contributed by atoms with van der Waals surface area (Å²) in [4.78, 5) is 7.43. The molecule has 2 aromatic heterocycles. The maximum atomic E-state index is 5.80. The highest BCUT2D eigenvalue weighted by molar-refractivity contribution is 9.10. The Bertz CT molecular complexity index is 567. The third-order valence-electron chi connectivity index (χ3n) is 3.26. The number of pyridine rings is 1. The zero-order valence-electron chi connectivity index (χ0n) is 11.1. The van der Waals surface area contributed by atoms with Crippen LogP contribution < -0.4 is 4.74 Å². The Hall–Kier alpha value is -1.11. The number of halogens is 1. The van der Waals surface area contributed by atoms with Crippen LogP contribution in [0.15, 0.2) is 22.9 Å². The number of H-pyrrole nitrogens is 1. The maximum absolute atomic E-state index is 5.80. The largest absolute Gasteiger partial charge is 0.488 e. The second-order valence-electron chi connectivity index (χ2n) is 4.69. The lowest BCUT2D eigenvalue weighted by Crippen LogP contribution is -2.24. The Morgan fingerprint density at radius 1 is 1.40 bits per heavy atom. The van der Waals surface area contributed by atoms with Crippen molar-refractivity contribution in [1.82, 2.24) is 9.97 Å². The van der Waals surface area contributed by atoms with E-state index in [4.69, 9.17) is 14.2 Å². The van der Waals surface area contributed by atoms with Gasteiger partial charge in [0.2, 0.25) is 0 Å². The fraction of sp³-hybridized carbons (Fsp3) is 0.500. The second-order valence-corrected chi connectivity index (χ2v) is 5.54. The molecule has 0 saturated carbocycles. The standard InChI is InChI=1S/C14H17BrN2O3/c15-10-9-17-11-4-5-16-13(11)14(10)20-8-7-19-12-3-1-2-6-18-12/h4-5,9,12,16H,1-3,6-8H2. The number of nitrogens with zero attached hydrogens (tertiary/aromatic N) is 1. The van der Waals surface area contributed by atoms with E-state index >= 15 is 0 Å². The van der Waals surface area contributed by atoms with Crippen molar-refractivity contribution in [3.8, 4) is 5.75 Å². The first-order chi connectivity index (χ1) is 9.84. The molecule has 1 atom stereocenters. The molecule has 0 spiro atoms. The average molecular weight is 341 g/mol. The van der Waals surface area contributed by atoms with Gasteiger partial charge in [-0.15, -0.1) is 0 Å². The number of ether oxygens (including phenoxy) is 3. The monoisotopic (exact) mass is 340 g/mol. The molecular formula is C14H17BrN2O3. The molecule has 2 aromatic rings. The average Bonchev–Trinajstić information content (AvgIpc) is 2.95.